The Morgan fingerprint density at radius 1 is 1.08 bits per heavy atom. The SMILES string of the molecule is O=C(CN1C(=O)S/C(=C/c2cccc(OCc3ccc([N+](=O)[O-])cc3)c2)C1=O)Nc1ccc(I)cc1. The Hall–Kier alpha value is -3.71. The smallest absolute Gasteiger partial charge is 0.294 e. The van der Waals surface area contributed by atoms with E-state index in [2.05, 4.69) is 27.9 Å². The van der Waals surface area contributed by atoms with E-state index in [1.165, 1.54) is 12.1 Å². The highest BCUT2D eigenvalue weighted by Gasteiger charge is 2.36. The van der Waals surface area contributed by atoms with Crippen molar-refractivity contribution in [1.29, 1.82) is 0 Å². The fraction of sp³-hybridized carbons (Fsp3) is 0.0800. The lowest BCUT2D eigenvalue weighted by Gasteiger charge is -2.12. The van der Waals surface area contributed by atoms with Crippen molar-refractivity contribution in [2.24, 2.45) is 0 Å². The molecule has 11 heteroatoms. The highest BCUT2D eigenvalue weighted by Crippen LogP contribution is 2.32. The quantitative estimate of drug-likeness (QED) is 0.155. The average molecular weight is 615 g/mol. The summed E-state index contributed by atoms with van der Waals surface area (Å²) in [4.78, 5) is 48.9. The molecule has 4 rings (SSSR count). The van der Waals surface area contributed by atoms with E-state index in [4.69, 9.17) is 4.74 Å². The molecule has 1 fully saturated rings. The molecule has 182 valence electrons. The fourth-order valence-electron chi connectivity index (χ4n) is 3.24. The lowest BCUT2D eigenvalue weighted by atomic mass is 10.2. The second-order valence-electron chi connectivity index (χ2n) is 7.61. The maximum absolute atomic E-state index is 12.8. The topological polar surface area (TPSA) is 119 Å². The van der Waals surface area contributed by atoms with E-state index in [1.54, 1.807) is 54.6 Å². The summed E-state index contributed by atoms with van der Waals surface area (Å²) in [6.45, 7) is -0.181. The summed E-state index contributed by atoms with van der Waals surface area (Å²) in [5.74, 6) is -0.486. The normalized spacial score (nSPS) is 14.2. The third kappa shape index (κ3) is 6.49. The number of nitrogens with one attached hydrogen (secondary N) is 1. The largest absolute Gasteiger partial charge is 0.489 e. The van der Waals surface area contributed by atoms with Gasteiger partial charge in [0.25, 0.3) is 16.8 Å². The van der Waals surface area contributed by atoms with Gasteiger partial charge in [-0.3, -0.25) is 29.4 Å². The number of carbonyl (C=O) groups excluding carboxylic acids is 3. The minimum atomic E-state index is -0.542. The van der Waals surface area contributed by atoms with Gasteiger partial charge in [0, 0.05) is 21.4 Å². The number of nitrogens with zero attached hydrogens (tertiary/aromatic N) is 2. The molecular weight excluding hydrogens is 597 g/mol. The first-order valence-corrected chi connectivity index (χ1v) is 12.4. The molecule has 1 heterocycles. The number of rotatable bonds is 8. The van der Waals surface area contributed by atoms with Crippen LogP contribution >= 0.6 is 34.4 Å². The first-order chi connectivity index (χ1) is 17.3. The van der Waals surface area contributed by atoms with Gasteiger partial charge in [0.15, 0.2) is 0 Å². The lowest BCUT2D eigenvalue weighted by Crippen LogP contribution is -2.36. The van der Waals surface area contributed by atoms with Crippen molar-refractivity contribution >= 4 is 68.9 Å². The molecule has 36 heavy (non-hydrogen) atoms. The number of nitro groups is 1. The number of nitro benzene ring substituents is 1. The third-order valence-corrected chi connectivity index (χ3v) is 6.64. The number of carbonyl (C=O) groups is 3. The fourth-order valence-corrected chi connectivity index (χ4v) is 4.44. The Kier molecular flexibility index (Phi) is 8.00. The number of hydrogen-bond donors (Lipinski definition) is 1. The highest BCUT2D eigenvalue weighted by atomic mass is 127. The number of hydrogen-bond acceptors (Lipinski definition) is 7. The van der Waals surface area contributed by atoms with Gasteiger partial charge in [0.1, 0.15) is 18.9 Å². The van der Waals surface area contributed by atoms with Crippen molar-refractivity contribution < 1.29 is 24.0 Å². The summed E-state index contributed by atoms with van der Waals surface area (Å²) in [5.41, 5.74) is 1.98. The van der Waals surface area contributed by atoms with Crippen LogP contribution in [0.4, 0.5) is 16.2 Å². The molecule has 1 aliphatic heterocycles. The van der Waals surface area contributed by atoms with E-state index in [0.29, 0.717) is 17.0 Å². The molecule has 0 unspecified atom stereocenters. The molecule has 3 aromatic carbocycles. The summed E-state index contributed by atoms with van der Waals surface area (Å²) in [6.07, 6.45) is 1.57. The van der Waals surface area contributed by atoms with Gasteiger partial charge < -0.3 is 10.1 Å². The number of halogens is 1. The van der Waals surface area contributed by atoms with Gasteiger partial charge in [-0.2, -0.15) is 0 Å². The number of ether oxygens (including phenoxy) is 1. The minimum Gasteiger partial charge on any atom is -0.489 e. The van der Waals surface area contributed by atoms with Gasteiger partial charge in [0.05, 0.1) is 9.83 Å². The summed E-state index contributed by atoms with van der Waals surface area (Å²) in [6, 6.07) is 20.2. The molecule has 0 atom stereocenters. The van der Waals surface area contributed by atoms with Gasteiger partial charge in [-0.25, -0.2) is 0 Å². The number of thioether (sulfide) groups is 1. The average Bonchev–Trinajstić information content (AvgIpc) is 3.12. The summed E-state index contributed by atoms with van der Waals surface area (Å²) < 4.78 is 6.78. The number of imide groups is 1. The predicted molar refractivity (Wildman–Crippen MR) is 144 cm³/mol. The van der Waals surface area contributed by atoms with E-state index in [9.17, 15) is 24.5 Å². The van der Waals surface area contributed by atoms with Crippen LogP contribution in [0.1, 0.15) is 11.1 Å². The Morgan fingerprint density at radius 2 is 1.81 bits per heavy atom. The summed E-state index contributed by atoms with van der Waals surface area (Å²) in [7, 11) is 0. The number of amides is 3. The molecule has 3 aromatic rings. The second kappa shape index (κ2) is 11.4. The Balaban J connectivity index is 1.38. The Bertz CT molecular complexity index is 1360. The molecule has 0 saturated carbocycles. The maximum atomic E-state index is 12.8. The first kappa shape index (κ1) is 25.4. The van der Waals surface area contributed by atoms with Crippen molar-refractivity contribution in [3.63, 3.8) is 0 Å². The van der Waals surface area contributed by atoms with Crippen LogP contribution in [0.2, 0.25) is 0 Å². The standard InChI is InChI=1S/C25H18IN3O6S/c26-18-6-8-19(9-7-18)27-23(30)14-28-24(31)22(36-25(28)32)13-17-2-1-3-21(12-17)35-15-16-4-10-20(11-5-16)29(33)34/h1-13H,14-15H2,(H,27,30)/b22-13+. The lowest BCUT2D eigenvalue weighted by molar-refractivity contribution is -0.384. The van der Waals surface area contributed by atoms with Crippen molar-refractivity contribution in [1.82, 2.24) is 4.90 Å². The number of non-ortho nitro benzene ring substituents is 1. The molecule has 1 saturated heterocycles. The van der Waals surface area contributed by atoms with Crippen LogP contribution < -0.4 is 10.1 Å². The van der Waals surface area contributed by atoms with Gasteiger partial charge in [-0.15, -0.1) is 0 Å². The highest BCUT2D eigenvalue weighted by molar-refractivity contribution is 14.1. The van der Waals surface area contributed by atoms with E-state index >= 15 is 0 Å². The van der Waals surface area contributed by atoms with Crippen LogP contribution in [0.25, 0.3) is 6.08 Å². The molecule has 3 amide bonds. The molecule has 0 spiro atoms. The summed E-state index contributed by atoms with van der Waals surface area (Å²) in [5, 5.41) is 12.9. The monoisotopic (exact) mass is 615 g/mol. The van der Waals surface area contributed by atoms with Crippen LogP contribution in [0, 0.1) is 13.7 Å². The zero-order valence-corrected chi connectivity index (χ0v) is 21.5. The molecule has 0 aliphatic carbocycles. The van der Waals surface area contributed by atoms with Crippen LogP contribution in [0.5, 0.6) is 5.75 Å². The molecule has 1 N–H and O–H groups in total. The van der Waals surface area contributed by atoms with Crippen molar-refractivity contribution in [2.75, 3.05) is 11.9 Å². The molecule has 9 nitrogen and oxygen atoms in total. The van der Waals surface area contributed by atoms with Crippen LogP contribution in [-0.4, -0.2) is 33.4 Å². The van der Waals surface area contributed by atoms with E-state index in [0.717, 1.165) is 25.8 Å². The van der Waals surface area contributed by atoms with E-state index < -0.39 is 22.0 Å². The second-order valence-corrected chi connectivity index (χ2v) is 9.85. The first-order valence-electron chi connectivity index (χ1n) is 10.6. The maximum Gasteiger partial charge on any atom is 0.294 e. The van der Waals surface area contributed by atoms with Crippen molar-refractivity contribution in [3.05, 3.63) is 103 Å². The van der Waals surface area contributed by atoms with Crippen LogP contribution in [0.3, 0.4) is 0 Å². The summed E-state index contributed by atoms with van der Waals surface area (Å²) >= 11 is 2.92. The van der Waals surface area contributed by atoms with Gasteiger partial charge >= 0.3 is 0 Å². The zero-order chi connectivity index (χ0) is 25.7. The third-order valence-electron chi connectivity index (χ3n) is 5.01. The van der Waals surface area contributed by atoms with Gasteiger partial charge in [-0.05, 0) is 100 Å². The van der Waals surface area contributed by atoms with Crippen LogP contribution in [-0.2, 0) is 16.2 Å². The van der Waals surface area contributed by atoms with Crippen molar-refractivity contribution in [3.8, 4) is 5.75 Å². The van der Waals surface area contributed by atoms with Gasteiger partial charge in [-0.1, -0.05) is 12.1 Å². The van der Waals surface area contributed by atoms with E-state index in [-0.39, 0.29) is 23.7 Å². The van der Waals surface area contributed by atoms with E-state index in [1.807, 2.05) is 12.1 Å². The van der Waals surface area contributed by atoms with Crippen LogP contribution in [0.15, 0.2) is 77.7 Å². The molecule has 0 aromatic heterocycles. The zero-order valence-electron chi connectivity index (χ0n) is 18.5. The van der Waals surface area contributed by atoms with Gasteiger partial charge in [0.2, 0.25) is 5.91 Å². The Labute approximate surface area is 223 Å². The predicted octanol–water partition coefficient (Wildman–Crippen LogP) is 5.45. The molecular formula is C25H18IN3O6S. The molecule has 0 bridgehead atoms. The molecule has 1 aliphatic rings. The van der Waals surface area contributed by atoms with Crippen molar-refractivity contribution in [2.45, 2.75) is 6.61 Å². The Morgan fingerprint density at radius 3 is 2.50 bits per heavy atom. The number of benzene rings is 3. The molecule has 0 radical (unpaired) electrons. The number of anilines is 1. The minimum absolute atomic E-state index is 0.00188.